The average Bonchev–Trinajstić information content (AvgIpc) is 2.36. The van der Waals surface area contributed by atoms with Gasteiger partial charge in [0.25, 0.3) is 5.91 Å². The lowest BCUT2D eigenvalue weighted by atomic mass is 10.0. The molecule has 20 heavy (non-hydrogen) atoms. The summed E-state index contributed by atoms with van der Waals surface area (Å²) in [6.45, 7) is 9.60. The van der Waals surface area contributed by atoms with E-state index < -0.39 is 6.10 Å². The standard InChI is InChI=1S/C16H25NO3/c1-6-16(4,5)17-15(19)10-20-14-8-7-13(12(3)18)9-11(14)2/h7-9,12,18H,6,10H2,1-5H3,(H,17,19)/t12-/m0/s1. The third kappa shape index (κ3) is 4.85. The predicted octanol–water partition coefficient (Wildman–Crippen LogP) is 2.73. The van der Waals surface area contributed by atoms with Gasteiger partial charge in [-0.1, -0.05) is 13.0 Å². The molecule has 4 heteroatoms. The van der Waals surface area contributed by atoms with Crippen LogP contribution in [0.4, 0.5) is 0 Å². The number of carbonyl (C=O) groups is 1. The van der Waals surface area contributed by atoms with Crippen molar-refractivity contribution >= 4 is 5.91 Å². The molecule has 0 bridgehead atoms. The molecule has 0 saturated carbocycles. The van der Waals surface area contributed by atoms with Crippen molar-refractivity contribution in [2.45, 2.75) is 52.7 Å². The zero-order valence-corrected chi connectivity index (χ0v) is 13.0. The second-order valence-electron chi connectivity index (χ2n) is 5.78. The smallest absolute Gasteiger partial charge is 0.258 e. The summed E-state index contributed by atoms with van der Waals surface area (Å²) in [6, 6.07) is 5.46. The lowest BCUT2D eigenvalue weighted by Crippen LogP contribution is -2.44. The molecule has 1 rings (SSSR count). The number of carbonyl (C=O) groups excluding carboxylic acids is 1. The molecule has 0 saturated heterocycles. The molecular formula is C16H25NO3. The molecule has 0 fully saturated rings. The summed E-state index contributed by atoms with van der Waals surface area (Å²) in [5.41, 5.74) is 1.53. The fourth-order valence-corrected chi connectivity index (χ4v) is 1.74. The third-order valence-corrected chi connectivity index (χ3v) is 3.40. The molecule has 1 aromatic carbocycles. The highest BCUT2D eigenvalue weighted by molar-refractivity contribution is 5.78. The van der Waals surface area contributed by atoms with Crippen LogP contribution in [-0.4, -0.2) is 23.2 Å². The molecule has 4 nitrogen and oxygen atoms in total. The number of amides is 1. The second-order valence-corrected chi connectivity index (χ2v) is 5.78. The van der Waals surface area contributed by atoms with E-state index in [0.29, 0.717) is 5.75 Å². The molecule has 0 radical (unpaired) electrons. The highest BCUT2D eigenvalue weighted by Gasteiger charge is 2.18. The molecule has 1 amide bonds. The van der Waals surface area contributed by atoms with E-state index in [1.165, 1.54) is 0 Å². The van der Waals surface area contributed by atoms with Gasteiger partial charge < -0.3 is 15.2 Å². The number of aryl methyl sites for hydroxylation is 1. The monoisotopic (exact) mass is 279 g/mol. The van der Waals surface area contributed by atoms with E-state index in [0.717, 1.165) is 17.5 Å². The lowest BCUT2D eigenvalue weighted by molar-refractivity contribution is -0.124. The van der Waals surface area contributed by atoms with Crippen molar-refractivity contribution in [3.8, 4) is 5.75 Å². The maximum absolute atomic E-state index is 11.8. The molecule has 1 aromatic rings. The van der Waals surface area contributed by atoms with Gasteiger partial charge >= 0.3 is 0 Å². The Morgan fingerprint density at radius 2 is 2.10 bits per heavy atom. The molecule has 0 unspecified atom stereocenters. The summed E-state index contributed by atoms with van der Waals surface area (Å²) in [4.78, 5) is 11.8. The van der Waals surface area contributed by atoms with Gasteiger partial charge in [-0.3, -0.25) is 4.79 Å². The van der Waals surface area contributed by atoms with Crippen molar-refractivity contribution in [1.29, 1.82) is 0 Å². The molecule has 0 aromatic heterocycles. The van der Waals surface area contributed by atoms with Crippen LogP contribution in [0.2, 0.25) is 0 Å². The molecule has 0 aliphatic carbocycles. The summed E-state index contributed by atoms with van der Waals surface area (Å²) >= 11 is 0. The van der Waals surface area contributed by atoms with Crippen LogP contribution in [0.15, 0.2) is 18.2 Å². The molecule has 0 aliphatic heterocycles. The Morgan fingerprint density at radius 1 is 1.45 bits per heavy atom. The zero-order chi connectivity index (χ0) is 15.3. The highest BCUT2D eigenvalue weighted by atomic mass is 16.5. The molecule has 0 spiro atoms. The molecule has 112 valence electrons. The second kappa shape index (κ2) is 6.75. The first-order valence-corrected chi connectivity index (χ1v) is 6.97. The van der Waals surface area contributed by atoms with Gasteiger partial charge in [0, 0.05) is 5.54 Å². The van der Waals surface area contributed by atoms with Gasteiger partial charge in [0.15, 0.2) is 6.61 Å². The van der Waals surface area contributed by atoms with Crippen molar-refractivity contribution < 1.29 is 14.6 Å². The Kier molecular flexibility index (Phi) is 5.57. The van der Waals surface area contributed by atoms with E-state index in [2.05, 4.69) is 5.32 Å². The van der Waals surface area contributed by atoms with Crippen LogP contribution < -0.4 is 10.1 Å². The quantitative estimate of drug-likeness (QED) is 0.841. The van der Waals surface area contributed by atoms with Gasteiger partial charge in [0.2, 0.25) is 0 Å². The Bertz CT molecular complexity index is 467. The number of ether oxygens (including phenoxy) is 1. The molecule has 2 N–H and O–H groups in total. The number of nitrogens with one attached hydrogen (secondary N) is 1. The summed E-state index contributed by atoms with van der Waals surface area (Å²) in [5.74, 6) is 0.537. The maximum Gasteiger partial charge on any atom is 0.258 e. The van der Waals surface area contributed by atoms with Crippen LogP contribution in [0.3, 0.4) is 0 Å². The van der Waals surface area contributed by atoms with Crippen LogP contribution in [-0.2, 0) is 4.79 Å². The van der Waals surface area contributed by atoms with E-state index in [1.54, 1.807) is 19.1 Å². The first-order valence-electron chi connectivity index (χ1n) is 6.97. The van der Waals surface area contributed by atoms with Gasteiger partial charge in [-0.05, 0) is 57.4 Å². The first-order chi connectivity index (χ1) is 9.25. The first kappa shape index (κ1) is 16.5. The minimum absolute atomic E-state index is 0.00169. The molecule has 0 heterocycles. The fourth-order valence-electron chi connectivity index (χ4n) is 1.74. The van der Waals surface area contributed by atoms with Crippen LogP contribution in [0, 0.1) is 6.92 Å². The highest BCUT2D eigenvalue weighted by Crippen LogP contribution is 2.22. The maximum atomic E-state index is 11.8. The number of benzene rings is 1. The Labute approximate surface area is 121 Å². The Balaban J connectivity index is 2.60. The Morgan fingerprint density at radius 3 is 2.60 bits per heavy atom. The largest absolute Gasteiger partial charge is 0.484 e. The summed E-state index contributed by atoms with van der Waals surface area (Å²) in [7, 11) is 0. The van der Waals surface area contributed by atoms with Crippen molar-refractivity contribution in [3.63, 3.8) is 0 Å². The number of rotatable bonds is 6. The van der Waals surface area contributed by atoms with E-state index in [9.17, 15) is 9.90 Å². The van der Waals surface area contributed by atoms with Gasteiger partial charge in [-0.15, -0.1) is 0 Å². The van der Waals surface area contributed by atoms with E-state index >= 15 is 0 Å². The van der Waals surface area contributed by atoms with Crippen LogP contribution >= 0.6 is 0 Å². The molecular weight excluding hydrogens is 254 g/mol. The SMILES string of the molecule is CCC(C)(C)NC(=O)COc1ccc([C@H](C)O)cc1C. The van der Waals surface area contributed by atoms with Gasteiger partial charge in [-0.25, -0.2) is 0 Å². The van der Waals surface area contributed by atoms with Crippen molar-refractivity contribution in [1.82, 2.24) is 5.32 Å². The Hall–Kier alpha value is -1.55. The number of hydrogen-bond acceptors (Lipinski definition) is 3. The van der Waals surface area contributed by atoms with Crippen molar-refractivity contribution in [3.05, 3.63) is 29.3 Å². The van der Waals surface area contributed by atoms with Crippen LogP contribution in [0.1, 0.15) is 51.3 Å². The fraction of sp³-hybridized carbons (Fsp3) is 0.562. The van der Waals surface area contributed by atoms with E-state index in [4.69, 9.17) is 4.74 Å². The van der Waals surface area contributed by atoms with Gasteiger partial charge in [-0.2, -0.15) is 0 Å². The summed E-state index contributed by atoms with van der Waals surface area (Å²) in [6.07, 6.45) is 0.359. The normalized spacial score (nSPS) is 12.9. The van der Waals surface area contributed by atoms with Crippen molar-refractivity contribution in [2.24, 2.45) is 0 Å². The van der Waals surface area contributed by atoms with Gasteiger partial charge in [0.1, 0.15) is 5.75 Å². The third-order valence-electron chi connectivity index (χ3n) is 3.40. The molecule has 1 atom stereocenters. The zero-order valence-electron chi connectivity index (χ0n) is 13.0. The minimum Gasteiger partial charge on any atom is -0.484 e. The molecule has 0 aliphatic rings. The number of hydrogen-bond donors (Lipinski definition) is 2. The van der Waals surface area contributed by atoms with Crippen LogP contribution in [0.25, 0.3) is 0 Å². The van der Waals surface area contributed by atoms with E-state index in [1.807, 2.05) is 33.8 Å². The summed E-state index contributed by atoms with van der Waals surface area (Å²) < 4.78 is 5.53. The van der Waals surface area contributed by atoms with Crippen molar-refractivity contribution in [2.75, 3.05) is 6.61 Å². The lowest BCUT2D eigenvalue weighted by Gasteiger charge is -2.24. The average molecular weight is 279 g/mol. The number of aliphatic hydroxyl groups is 1. The van der Waals surface area contributed by atoms with Gasteiger partial charge in [0.05, 0.1) is 6.10 Å². The van der Waals surface area contributed by atoms with Crippen LogP contribution in [0.5, 0.6) is 5.75 Å². The minimum atomic E-state index is -0.503. The topological polar surface area (TPSA) is 58.6 Å². The summed E-state index contributed by atoms with van der Waals surface area (Å²) in [5, 5.41) is 12.4. The van der Waals surface area contributed by atoms with E-state index in [-0.39, 0.29) is 18.1 Å². The predicted molar refractivity (Wildman–Crippen MR) is 79.8 cm³/mol. The number of aliphatic hydroxyl groups excluding tert-OH is 1.